The molecule has 2 aromatic rings. The van der Waals surface area contributed by atoms with Crippen molar-refractivity contribution in [3.05, 3.63) is 52.8 Å². The van der Waals surface area contributed by atoms with Crippen molar-refractivity contribution in [2.24, 2.45) is 0 Å². The number of fused-ring (bicyclic) bond motifs is 1. The van der Waals surface area contributed by atoms with E-state index in [1.807, 2.05) is 6.07 Å². The van der Waals surface area contributed by atoms with E-state index in [9.17, 15) is 0 Å². The highest BCUT2D eigenvalue weighted by Crippen LogP contribution is 2.35. The van der Waals surface area contributed by atoms with Gasteiger partial charge in [0.25, 0.3) is 0 Å². The Kier molecular flexibility index (Phi) is 2.66. The average molecular weight is 241 g/mol. The van der Waals surface area contributed by atoms with Crippen molar-refractivity contribution in [1.82, 2.24) is 4.57 Å². The summed E-state index contributed by atoms with van der Waals surface area (Å²) in [5.41, 5.74) is 5.50. The molecule has 1 aromatic heterocycles. The average Bonchev–Trinajstić information content (AvgIpc) is 2.89. The standard InChI is InChI=1S/C16H19NO/c1-11-8-17(13(3)12(11)2)9-14-10-18-16-7-5-4-6-15(14)16/h4-8,14H,9-10H2,1-3H3. The number of para-hydroxylation sites is 1. The van der Waals surface area contributed by atoms with Gasteiger partial charge in [-0.05, 0) is 38.0 Å². The smallest absolute Gasteiger partial charge is 0.122 e. The summed E-state index contributed by atoms with van der Waals surface area (Å²) in [6, 6.07) is 8.38. The van der Waals surface area contributed by atoms with Crippen LogP contribution in [0, 0.1) is 20.8 Å². The summed E-state index contributed by atoms with van der Waals surface area (Å²) in [7, 11) is 0. The first kappa shape index (κ1) is 11.4. The molecule has 94 valence electrons. The molecule has 1 aliphatic heterocycles. The van der Waals surface area contributed by atoms with Gasteiger partial charge in [-0.3, -0.25) is 0 Å². The van der Waals surface area contributed by atoms with E-state index < -0.39 is 0 Å². The summed E-state index contributed by atoms with van der Waals surface area (Å²) >= 11 is 0. The van der Waals surface area contributed by atoms with Crippen molar-refractivity contribution < 1.29 is 4.74 Å². The maximum absolute atomic E-state index is 5.75. The second-order valence-electron chi connectivity index (χ2n) is 5.22. The number of benzene rings is 1. The maximum atomic E-state index is 5.75. The van der Waals surface area contributed by atoms with E-state index in [-0.39, 0.29) is 0 Å². The van der Waals surface area contributed by atoms with Crippen LogP contribution < -0.4 is 4.74 Å². The molecule has 0 saturated heterocycles. The number of ether oxygens (including phenoxy) is 1. The van der Waals surface area contributed by atoms with Gasteiger partial charge in [0.2, 0.25) is 0 Å². The highest BCUT2D eigenvalue weighted by Gasteiger charge is 2.24. The van der Waals surface area contributed by atoms with Crippen molar-refractivity contribution in [1.29, 1.82) is 0 Å². The van der Waals surface area contributed by atoms with Gasteiger partial charge in [-0.25, -0.2) is 0 Å². The first-order chi connectivity index (χ1) is 8.66. The van der Waals surface area contributed by atoms with Gasteiger partial charge >= 0.3 is 0 Å². The van der Waals surface area contributed by atoms with Crippen molar-refractivity contribution in [3.63, 3.8) is 0 Å². The van der Waals surface area contributed by atoms with Gasteiger partial charge in [-0.2, -0.15) is 0 Å². The molecular formula is C16H19NO. The van der Waals surface area contributed by atoms with E-state index in [4.69, 9.17) is 4.74 Å². The van der Waals surface area contributed by atoms with Crippen molar-refractivity contribution in [2.45, 2.75) is 33.2 Å². The monoisotopic (exact) mass is 241 g/mol. The van der Waals surface area contributed by atoms with Gasteiger partial charge in [0, 0.05) is 29.9 Å². The van der Waals surface area contributed by atoms with E-state index >= 15 is 0 Å². The zero-order valence-corrected chi connectivity index (χ0v) is 11.2. The Morgan fingerprint density at radius 2 is 2.00 bits per heavy atom. The molecule has 1 aliphatic rings. The third-order valence-corrected chi connectivity index (χ3v) is 4.13. The van der Waals surface area contributed by atoms with Crippen molar-refractivity contribution in [2.75, 3.05) is 6.61 Å². The molecule has 2 heterocycles. The van der Waals surface area contributed by atoms with Gasteiger partial charge in [0.1, 0.15) is 5.75 Å². The van der Waals surface area contributed by atoms with Crippen LogP contribution in [0.1, 0.15) is 28.3 Å². The molecule has 2 nitrogen and oxygen atoms in total. The van der Waals surface area contributed by atoms with E-state index in [0.29, 0.717) is 5.92 Å². The molecule has 0 bridgehead atoms. The third-order valence-electron chi connectivity index (χ3n) is 4.13. The molecular weight excluding hydrogens is 222 g/mol. The molecule has 0 fully saturated rings. The Bertz CT molecular complexity index is 583. The van der Waals surface area contributed by atoms with Crippen molar-refractivity contribution in [3.8, 4) is 5.75 Å². The predicted molar refractivity (Wildman–Crippen MR) is 73.3 cm³/mol. The minimum atomic E-state index is 0.478. The zero-order valence-electron chi connectivity index (χ0n) is 11.2. The molecule has 0 spiro atoms. The molecule has 1 aromatic carbocycles. The topological polar surface area (TPSA) is 14.2 Å². The quantitative estimate of drug-likeness (QED) is 0.783. The number of aromatic nitrogens is 1. The van der Waals surface area contributed by atoms with E-state index in [2.05, 4.69) is 49.7 Å². The highest BCUT2D eigenvalue weighted by molar-refractivity contribution is 5.40. The van der Waals surface area contributed by atoms with Crippen LogP contribution in [0.3, 0.4) is 0 Å². The van der Waals surface area contributed by atoms with Crippen LogP contribution in [0.25, 0.3) is 0 Å². The van der Waals surface area contributed by atoms with Gasteiger partial charge in [-0.1, -0.05) is 18.2 Å². The van der Waals surface area contributed by atoms with Crippen LogP contribution in [-0.2, 0) is 6.54 Å². The molecule has 0 radical (unpaired) electrons. The third kappa shape index (κ3) is 1.72. The first-order valence-corrected chi connectivity index (χ1v) is 6.51. The lowest BCUT2D eigenvalue weighted by atomic mass is 10.0. The second-order valence-corrected chi connectivity index (χ2v) is 5.22. The number of rotatable bonds is 2. The summed E-state index contributed by atoms with van der Waals surface area (Å²) in [6.45, 7) is 8.38. The zero-order chi connectivity index (χ0) is 12.7. The van der Waals surface area contributed by atoms with Crippen LogP contribution in [0.2, 0.25) is 0 Å². The van der Waals surface area contributed by atoms with Gasteiger partial charge in [0.15, 0.2) is 0 Å². The summed E-state index contributed by atoms with van der Waals surface area (Å²) in [6.07, 6.45) is 2.26. The Hall–Kier alpha value is -1.70. The minimum Gasteiger partial charge on any atom is -0.493 e. The summed E-state index contributed by atoms with van der Waals surface area (Å²) in [5, 5.41) is 0. The fourth-order valence-electron chi connectivity index (χ4n) is 2.74. The first-order valence-electron chi connectivity index (χ1n) is 6.51. The molecule has 0 amide bonds. The maximum Gasteiger partial charge on any atom is 0.122 e. The Morgan fingerprint density at radius 3 is 2.72 bits per heavy atom. The molecule has 0 aliphatic carbocycles. The summed E-state index contributed by atoms with van der Waals surface area (Å²) < 4.78 is 8.11. The van der Waals surface area contributed by atoms with E-state index in [0.717, 1.165) is 18.9 Å². The van der Waals surface area contributed by atoms with Gasteiger partial charge in [0.05, 0.1) is 6.61 Å². The number of nitrogens with zero attached hydrogens (tertiary/aromatic N) is 1. The molecule has 2 heteroatoms. The minimum absolute atomic E-state index is 0.478. The lowest BCUT2D eigenvalue weighted by molar-refractivity contribution is 0.318. The summed E-state index contributed by atoms with van der Waals surface area (Å²) in [4.78, 5) is 0. The normalized spacial score (nSPS) is 17.6. The van der Waals surface area contributed by atoms with Crippen LogP contribution in [0.15, 0.2) is 30.5 Å². The largest absolute Gasteiger partial charge is 0.493 e. The Morgan fingerprint density at radius 1 is 1.22 bits per heavy atom. The second kappa shape index (κ2) is 4.20. The molecule has 1 unspecified atom stereocenters. The van der Waals surface area contributed by atoms with Crippen LogP contribution in [0.4, 0.5) is 0 Å². The lowest BCUT2D eigenvalue weighted by Gasteiger charge is -2.12. The van der Waals surface area contributed by atoms with Crippen LogP contribution in [-0.4, -0.2) is 11.2 Å². The number of aryl methyl sites for hydroxylation is 1. The Labute approximate surface area is 108 Å². The van der Waals surface area contributed by atoms with Crippen LogP contribution >= 0.6 is 0 Å². The van der Waals surface area contributed by atoms with E-state index in [1.165, 1.54) is 22.4 Å². The predicted octanol–water partition coefficient (Wildman–Crippen LogP) is 3.59. The fourth-order valence-corrected chi connectivity index (χ4v) is 2.74. The molecule has 0 N–H and O–H groups in total. The number of hydrogen-bond acceptors (Lipinski definition) is 1. The SMILES string of the molecule is Cc1cn(CC2COc3ccccc32)c(C)c1C. The van der Waals surface area contributed by atoms with Gasteiger partial charge < -0.3 is 9.30 Å². The van der Waals surface area contributed by atoms with Crippen LogP contribution in [0.5, 0.6) is 5.75 Å². The highest BCUT2D eigenvalue weighted by atomic mass is 16.5. The molecule has 18 heavy (non-hydrogen) atoms. The fraction of sp³-hybridized carbons (Fsp3) is 0.375. The van der Waals surface area contributed by atoms with E-state index in [1.54, 1.807) is 0 Å². The Balaban J connectivity index is 1.88. The molecule has 1 atom stereocenters. The number of hydrogen-bond donors (Lipinski definition) is 0. The molecule has 3 rings (SSSR count). The summed E-state index contributed by atoms with van der Waals surface area (Å²) in [5.74, 6) is 1.53. The molecule has 0 saturated carbocycles. The van der Waals surface area contributed by atoms with Gasteiger partial charge in [-0.15, -0.1) is 0 Å². The lowest BCUT2D eigenvalue weighted by Crippen LogP contribution is -2.11. The van der Waals surface area contributed by atoms with Crippen molar-refractivity contribution >= 4 is 0 Å².